The first-order valence-corrected chi connectivity index (χ1v) is 9.84. The van der Waals surface area contributed by atoms with E-state index in [9.17, 15) is 22.8 Å². The maximum atomic E-state index is 13.1. The molecule has 2 rings (SSSR count). The van der Waals surface area contributed by atoms with Crippen LogP contribution in [0.4, 0.5) is 13.2 Å². The molecule has 2 N–H and O–H groups in total. The van der Waals surface area contributed by atoms with Gasteiger partial charge in [-0.2, -0.15) is 13.2 Å². The number of alkyl halides is 3. The minimum Gasteiger partial charge on any atom is -0.330 e. The molecule has 0 aliphatic carbocycles. The first-order valence-electron chi connectivity index (χ1n) is 9.84. The number of nitrogens with two attached hydrogens (primary N) is 1. The van der Waals surface area contributed by atoms with E-state index in [1.807, 2.05) is 31.2 Å². The minimum absolute atomic E-state index is 0.215. The van der Waals surface area contributed by atoms with Gasteiger partial charge in [0.1, 0.15) is 0 Å². The Hall–Kier alpha value is -2.35. The zero-order valence-corrected chi connectivity index (χ0v) is 16.8. The van der Waals surface area contributed by atoms with Crippen LogP contribution in [0.5, 0.6) is 0 Å². The highest BCUT2D eigenvalue weighted by atomic mass is 19.4. The van der Waals surface area contributed by atoms with Gasteiger partial charge in [0.2, 0.25) is 5.91 Å². The lowest BCUT2D eigenvalue weighted by Crippen LogP contribution is -2.51. The van der Waals surface area contributed by atoms with Gasteiger partial charge in [0.15, 0.2) is 0 Å². The lowest BCUT2D eigenvalue weighted by molar-refractivity contribution is -0.187. The third-order valence-electron chi connectivity index (χ3n) is 5.06. The van der Waals surface area contributed by atoms with Crippen LogP contribution in [-0.4, -0.2) is 46.4 Å². The van der Waals surface area contributed by atoms with E-state index in [1.54, 1.807) is 11.8 Å². The Morgan fingerprint density at radius 2 is 1.79 bits per heavy atom. The van der Waals surface area contributed by atoms with Crippen LogP contribution in [0.25, 0.3) is 0 Å². The van der Waals surface area contributed by atoms with E-state index in [0.29, 0.717) is 32.4 Å². The van der Waals surface area contributed by atoms with Crippen molar-refractivity contribution in [3.63, 3.8) is 0 Å². The van der Waals surface area contributed by atoms with E-state index in [2.05, 4.69) is 0 Å². The summed E-state index contributed by atoms with van der Waals surface area (Å²) >= 11 is 0. The Morgan fingerprint density at radius 3 is 2.28 bits per heavy atom. The molecule has 0 spiro atoms. The van der Waals surface area contributed by atoms with Crippen molar-refractivity contribution < 1.29 is 22.8 Å². The molecule has 1 aliphatic heterocycles. The molecule has 0 saturated carbocycles. The number of halogens is 3. The van der Waals surface area contributed by atoms with E-state index in [4.69, 9.17) is 5.73 Å². The highest BCUT2D eigenvalue weighted by molar-refractivity contribution is 5.88. The van der Waals surface area contributed by atoms with Crippen LogP contribution in [0.1, 0.15) is 44.2 Å². The zero-order chi connectivity index (χ0) is 21.6. The van der Waals surface area contributed by atoms with E-state index < -0.39 is 24.2 Å². The maximum absolute atomic E-state index is 13.1. The fourth-order valence-electron chi connectivity index (χ4n) is 3.35. The summed E-state index contributed by atoms with van der Waals surface area (Å²) in [4.78, 5) is 27.0. The molecule has 0 bridgehead atoms. The number of fused-ring (bicyclic) bond motifs is 1. The molecule has 8 heteroatoms. The number of nitrogens with zero attached hydrogens (tertiary/aromatic N) is 2. The van der Waals surface area contributed by atoms with E-state index in [-0.39, 0.29) is 12.5 Å². The summed E-state index contributed by atoms with van der Waals surface area (Å²) in [5.74, 6) is -2.22. The number of carbonyl (C=O) groups excluding carboxylic acids is 2. The summed E-state index contributed by atoms with van der Waals surface area (Å²) in [6.07, 6.45) is -1.01. The van der Waals surface area contributed by atoms with Crippen LogP contribution < -0.4 is 5.73 Å². The fourth-order valence-corrected chi connectivity index (χ4v) is 3.35. The third kappa shape index (κ3) is 6.06. The van der Waals surface area contributed by atoms with Gasteiger partial charge >= 0.3 is 12.1 Å². The number of amides is 2. The second kappa shape index (κ2) is 9.91. The predicted octanol–water partition coefficient (Wildman–Crippen LogP) is 3.38. The molecule has 1 aromatic rings. The van der Waals surface area contributed by atoms with Gasteiger partial charge in [-0.1, -0.05) is 50.6 Å². The SMILES string of the molecule is CCC[C@@H](/C=C/C(=O)N1Cc2ccccc2C1)N(C[C@@H](N)CC)C(=O)C(F)(F)F. The van der Waals surface area contributed by atoms with Gasteiger partial charge in [-0.05, 0) is 24.0 Å². The monoisotopic (exact) mass is 411 g/mol. The van der Waals surface area contributed by atoms with Gasteiger partial charge < -0.3 is 15.5 Å². The number of carbonyl (C=O) groups is 2. The summed E-state index contributed by atoms with van der Waals surface area (Å²) in [6.45, 7) is 4.27. The fraction of sp³-hybridized carbons (Fsp3) is 0.524. The lowest BCUT2D eigenvalue weighted by atomic mass is 10.1. The van der Waals surface area contributed by atoms with Gasteiger partial charge in [-0.15, -0.1) is 0 Å². The number of hydrogen-bond donors (Lipinski definition) is 1. The zero-order valence-electron chi connectivity index (χ0n) is 16.8. The molecule has 5 nitrogen and oxygen atoms in total. The summed E-state index contributed by atoms with van der Waals surface area (Å²) < 4.78 is 39.4. The molecular formula is C21H28F3N3O2. The van der Waals surface area contributed by atoms with Crippen molar-refractivity contribution in [2.45, 2.75) is 64.5 Å². The minimum atomic E-state index is -4.99. The largest absolute Gasteiger partial charge is 0.471 e. The van der Waals surface area contributed by atoms with E-state index >= 15 is 0 Å². The van der Waals surface area contributed by atoms with Crippen LogP contribution in [0, 0.1) is 0 Å². The van der Waals surface area contributed by atoms with Gasteiger partial charge in [0, 0.05) is 31.8 Å². The number of hydrogen-bond acceptors (Lipinski definition) is 3. The molecular weight excluding hydrogens is 383 g/mol. The van der Waals surface area contributed by atoms with Gasteiger partial charge in [-0.25, -0.2) is 0 Å². The van der Waals surface area contributed by atoms with Crippen LogP contribution >= 0.6 is 0 Å². The van der Waals surface area contributed by atoms with Crippen molar-refractivity contribution in [3.05, 3.63) is 47.5 Å². The smallest absolute Gasteiger partial charge is 0.330 e. The topological polar surface area (TPSA) is 66.6 Å². The molecule has 0 unspecified atom stereocenters. The van der Waals surface area contributed by atoms with Gasteiger partial charge in [0.25, 0.3) is 0 Å². The molecule has 1 aliphatic rings. The van der Waals surface area contributed by atoms with Gasteiger partial charge in [-0.3, -0.25) is 9.59 Å². The Balaban J connectivity index is 2.16. The van der Waals surface area contributed by atoms with Crippen LogP contribution in [0.15, 0.2) is 36.4 Å². The van der Waals surface area contributed by atoms with Crippen LogP contribution in [-0.2, 0) is 22.7 Å². The van der Waals surface area contributed by atoms with Crippen molar-refractivity contribution >= 4 is 11.8 Å². The van der Waals surface area contributed by atoms with E-state index in [0.717, 1.165) is 16.0 Å². The van der Waals surface area contributed by atoms with Crippen LogP contribution in [0.2, 0.25) is 0 Å². The van der Waals surface area contributed by atoms with Crippen LogP contribution in [0.3, 0.4) is 0 Å². The molecule has 0 aromatic heterocycles. The lowest BCUT2D eigenvalue weighted by Gasteiger charge is -2.32. The number of rotatable bonds is 8. The third-order valence-corrected chi connectivity index (χ3v) is 5.06. The quantitative estimate of drug-likeness (QED) is 0.667. The van der Waals surface area contributed by atoms with Crippen molar-refractivity contribution in [2.75, 3.05) is 6.54 Å². The Bertz CT molecular complexity index is 724. The second-order valence-electron chi connectivity index (χ2n) is 7.30. The standard InChI is InChI=1S/C21H28F3N3O2/c1-3-7-18(27(14-17(25)4-2)20(29)21(22,23)24)10-11-19(28)26-12-15-8-5-6-9-16(15)13-26/h5-6,8-11,17-18H,3-4,7,12-14,25H2,1-2H3/b11-10+/t17-,18-/m0/s1. The highest BCUT2D eigenvalue weighted by Crippen LogP contribution is 2.24. The van der Waals surface area contributed by atoms with Crippen molar-refractivity contribution in [3.8, 4) is 0 Å². The molecule has 160 valence electrons. The summed E-state index contributed by atoms with van der Waals surface area (Å²) in [5.41, 5.74) is 7.95. The molecule has 2 amide bonds. The molecule has 1 heterocycles. The van der Waals surface area contributed by atoms with Gasteiger partial charge in [0.05, 0.1) is 6.04 Å². The summed E-state index contributed by atoms with van der Waals surface area (Å²) in [5, 5.41) is 0. The van der Waals surface area contributed by atoms with Crippen molar-refractivity contribution in [1.29, 1.82) is 0 Å². The predicted molar refractivity (Wildman–Crippen MR) is 105 cm³/mol. The normalized spacial score (nSPS) is 16.0. The molecule has 0 fully saturated rings. The molecule has 2 atom stereocenters. The number of benzene rings is 1. The van der Waals surface area contributed by atoms with E-state index in [1.165, 1.54) is 12.2 Å². The summed E-state index contributed by atoms with van der Waals surface area (Å²) in [6, 6.07) is 6.28. The highest BCUT2D eigenvalue weighted by Gasteiger charge is 2.44. The van der Waals surface area contributed by atoms with Crippen molar-refractivity contribution in [1.82, 2.24) is 9.80 Å². The summed E-state index contributed by atoms with van der Waals surface area (Å²) in [7, 11) is 0. The first-order chi connectivity index (χ1) is 13.7. The molecule has 29 heavy (non-hydrogen) atoms. The Morgan fingerprint density at radius 1 is 1.21 bits per heavy atom. The molecule has 0 radical (unpaired) electrons. The second-order valence-corrected chi connectivity index (χ2v) is 7.30. The van der Waals surface area contributed by atoms with Crippen molar-refractivity contribution in [2.24, 2.45) is 5.73 Å². The Labute approximate surface area is 169 Å². The molecule has 0 saturated heterocycles. The maximum Gasteiger partial charge on any atom is 0.471 e. The first kappa shape index (κ1) is 22.9. The Kier molecular flexibility index (Phi) is 7.84. The average Bonchev–Trinajstić information content (AvgIpc) is 3.12. The molecule has 1 aromatic carbocycles. The average molecular weight is 411 g/mol.